The van der Waals surface area contributed by atoms with E-state index >= 15 is 0 Å². The molecule has 2 aromatic carbocycles. The normalized spacial score (nSPS) is 29.8. The fraction of sp³-hybridized carbons (Fsp3) is 0.333. The third-order valence-corrected chi connectivity index (χ3v) is 12.9. The van der Waals surface area contributed by atoms with Crippen LogP contribution in [0.15, 0.2) is 67.7 Å². The average Bonchev–Trinajstić information content (AvgIpc) is 3.65. The molecular formula is C27H23BrN4O6S3. The van der Waals surface area contributed by atoms with Gasteiger partial charge in [0.15, 0.2) is 0 Å². The predicted molar refractivity (Wildman–Crippen MR) is 156 cm³/mol. The first kappa shape index (κ1) is 27.1. The number of halogens is 1. The van der Waals surface area contributed by atoms with Crippen molar-refractivity contribution in [2.45, 2.75) is 27.5 Å². The lowest BCUT2D eigenvalue weighted by Gasteiger charge is -2.43. The molecule has 212 valence electrons. The van der Waals surface area contributed by atoms with Gasteiger partial charge in [0.2, 0.25) is 27.7 Å². The number of hydrogen-bond donors (Lipinski definition) is 3. The van der Waals surface area contributed by atoms with E-state index < -0.39 is 34.3 Å². The number of anilines is 1. The molecule has 3 fully saturated rings. The number of hydrogen-bond acceptors (Lipinski definition) is 8. The van der Waals surface area contributed by atoms with Gasteiger partial charge < -0.3 is 10.3 Å². The zero-order valence-corrected chi connectivity index (χ0v) is 25.2. The van der Waals surface area contributed by atoms with Crippen LogP contribution < -0.4 is 15.3 Å². The number of thiazole rings is 1. The summed E-state index contributed by atoms with van der Waals surface area (Å²) in [5, 5.41) is 8.66. The fourth-order valence-corrected chi connectivity index (χ4v) is 11.0. The number of amides is 3. The number of aromatic nitrogens is 1. The third kappa shape index (κ3) is 4.33. The van der Waals surface area contributed by atoms with Crippen LogP contribution in [0.2, 0.25) is 0 Å². The topological polar surface area (TPSA) is 159 Å². The van der Waals surface area contributed by atoms with E-state index in [1.54, 1.807) is 11.8 Å². The van der Waals surface area contributed by atoms with Gasteiger partial charge in [-0.2, -0.15) is 0 Å². The van der Waals surface area contributed by atoms with Crippen LogP contribution in [0, 0.1) is 29.6 Å². The van der Waals surface area contributed by atoms with Crippen LogP contribution in [0.5, 0.6) is 0 Å². The summed E-state index contributed by atoms with van der Waals surface area (Å²) in [4.78, 5) is 57.4. The molecule has 3 aromatic rings. The number of aromatic amines is 1. The molecule has 4 aliphatic rings. The molecule has 2 saturated carbocycles. The number of thioether (sulfide) groups is 1. The Kier molecular flexibility index (Phi) is 6.36. The number of carbonyl (C=O) groups excluding carboxylic acids is 3. The highest BCUT2D eigenvalue weighted by atomic mass is 79.9. The van der Waals surface area contributed by atoms with Gasteiger partial charge in [-0.05, 0) is 66.1 Å². The number of nitrogens with zero attached hydrogens (tertiary/aromatic N) is 1. The van der Waals surface area contributed by atoms with Crippen molar-refractivity contribution in [3.63, 3.8) is 0 Å². The van der Waals surface area contributed by atoms with Crippen LogP contribution in [0.1, 0.15) is 22.8 Å². The highest BCUT2D eigenvalue weighted by Crippen LogP contribution is 2.68. The van der Waals surface area contributed by atoms with Crippen LogP contribution in [0.4, 0.5) is 5.69 Å². The molecule has 7 rings (SSSR count). The summed E-state index contributed by atoms with van der Waals surface area (Å²) in [6, 6.07) is 13.4. The van der Waals surface area contributed by atoms with Crippen molar-refractivity contribution in [3.8, 4) is 0 Å². The van der Waals surface area contributed by atoms with Crippen molar-refractivity contribution in [2.24, 2.45) is 34.7 Å². The van der Waals surface area contributed by atoms with Crippen LogP contribution in [0.3, 0.4) is 0 Å². The second kappa shape index (κ2) is 9.63. The Morgan fingerprint density at radius 3 is 2.34 bits per heavy atom. The minimum atomic E-state index is -3.87. The molecule has 41 heavy (non-hydrogen) atoms. The lowest BCUT2D eigenvalue weighted by molar-refractivity contribution is -0.143. The molecule has 1 saturated heterocycles. The molecule has 10 nitrogen and oxygen atoms in total. The number of sulfonamides is 1. The fourth-order valence-electron chi connectivity index (χ4n) is 7.35. The molecular weight excluding hydrogens is 652 g/mol. The number of rotatable bonds is 5. The van der Waals surface area contributed by atoms with E-state index in [0.717, 1.165) is 31.3 Å². The first-order chi connectivity index (χ1) is 19.5. The number of benzene rings is 2. The quantitative estimate of drug-likeness (QED) is 0.351. The molecule has 6 unspecified atom stereocenters. The maximum atomic E-state index is 13.7. The smallest absolute Gasteiger partial charge is 0.305 e. The minimum absolute atomic E-state index is 0.0373. The largest absolute Gasteiger partial charge is 0.325 e. The number of likely N-dealkylation sites (tertiary alicyclic amines) is 1. The van der Waals surface area contributed by atoms with Gasteiger partial charge in [-0.1, -0.05) is 39.4 Å². The van der Waals surface area contributed by atoms with E-state index in [1.807, 2.05) is 24.3 Å². The van der Waals surface area contributed by atoms with Gasteiger partial charge in [0.1, 0.15) is 6.54 Å². The Balaban J connectivity index is 1.14. The standard InChI is InChI=1S/C27H23BrN4O6S3/c28-12-3-1-11(2-4-12)18-19-15-9-16(22(19)39-24-23(18)40-27(36)31-24)21-20(15)25(34)32(26(21)35)10-17(33)30-13-5-7-14(8-6-13)41(29,37)38/h1-8,15-16,18-22H,9-10H2,(H,30,33)(H,31,36)(H2,29,37,38)/t15?,16?,18-,19?,20?,21?,22?/m1/s1. The maximum absolute atomic E-state index is 13.7. The van der Waals surface area contributed by atoms with Crippen molar-refractivity contribution in [3.05, 3.63) is 73.1 Å². The predicted octanol–water partition coefficient (Wildman–Crippen LogP) is 2.96. The Bertz CT molecular complexity index is 1770. The molecule has 3 heterocycles. The van der Waals surface area contributed by atoms with Crippen molar-refractivity contribution >= 4 is 72.5 Å². The van der Waals surface area contributed by atoms with Crippen LogP contribution in [-0.4, -0.2) is 47.8 Å². The highest BCUT2D eigenvalue weighted by molar-refractivity contribution is 9.10. The van der Waals surface area contributed by atoms with E-state index in [-0.39, 0.29) is 50.5 Å². The van der Waals surface area contributed by atoms with Gasteiger partial charge in [0.05, 0.1) is 21.8 Å². The van der Waals surface area contributed by atoms with Crippen molar-refractivity contribution in [2.75, 3.05) is 11.9 Å². The molecule has 1 aromatic heterocycles. The molecule has 14 heteroatoms. The van der Waals surface area contributed by atoms with Gasteiger partial charge in [-0.3, -0.25) is 24.1 Å². The molecule has 3 amide bonds. The van der Waals surface area contributed by atoms with Crippen LogP contribution in [-0.2, 0) is 24.4 Å². The number of H-pyrrole nitrogens is 1. The summed E-state index contributed by atoms with van der Waals surface area (Å²) < 4.78 is 23.9. The lowest BCUT2D eigenvalue weighted by atomic mass is 9.68. The van der Waals surface area contributed by atoms with Gasteiger partial charge in [-0.15, -0.1) is 11.8 Å². The highest BCUT2D eigenvalue weighted by Gasteiger charge is 2.69. The monoisotopic (exact) mass is 674 g/mol. The zero-order chi connectivity index (χ0) is 28.8. The SMILES string of the molecule is NS(=O)(=O)c1ccc(NC(=O)CN2C(=O)C3C4CC(C3C2=O)C2C4Sc3[nH]c(=O)sc3[C@@H]2c2ccc(Br)cc2)cc1. The number of fused-ring (bicyclic) bond motifs is 9. The van der Waals surface area contributed by atoms with Crippen LogP contribution >= 0.6 is 39.0 Å². The number of imide groups is 1. The van der Waals surface area contributed by atoms with Gasteiger partial charge in [0, 0.05) is 26.2 Å². The third-order valence-electron chi connectivity index (χ3n) is 8.81. The summed E-state index contributed by atoms with van der Waals surface area (Å²) in [7, 11) is -3.87. The summed E-state index contributed by atoms with van der Waals surface area (Å²) in [5.41, 5.74) is 1.40. The first-order valence-corrected chi connectivity index (χ1v) is 17.0. The Hall–Kier alpha value is -2.78. The first-order valence-electron chi connectivity index (χ1n) is 12.9. The van der Waals surface area contributed by atoms with E-state index in [2.05, 4.69) is 26.2 Å². The second-order valence-electron chi connectivity index (χ2n) is 10.9. The summed E-state index contributed by atoms with van der Waals surface area (Å²) >= 11 is 6.33. The Morgan fingerprint density at radius 1 is 1.02 bits per heavy atom. The van der Waals surface area contributed by atoms with Crippen LogP contribution in [0.25, 0.3) is 0 Å². The molecule has 0 spiro atoms. The Labute approximate surface area is 251 Å². The van der Waals surface area contributed by atoms with Crippen molar-refractivity contribution in [1.29, 1.82) is 0 Å². The van der Waals surface area contributed by atoms with E-state index in [0.29, 0.717) is 5.69 Å². The minimum Gasteiger partial charge on any atom is -0.325 e. The zero-order valence-electron chi connectivity index (χ0n) is 21.2. The lowest BCUT2D eigenvalue weighted by Crippen LogP contribution is -2.42. The second-order valence-corrected chi connectivity index (χ2v) is 15.6. The van der Waals surface area contributed by atoms with Crippen molar-refractivity contribution < 1.29 is 22.8 Å². The average molecular weight is 676 g/mol. The summed E-state index contributed by atoms with van der Waals surface area (Å²) in [6.45, 7) is -0.416. The summed E-state index contributed by atoms with van der Waals surface area (Å²) in [6.07, 6.45) is 0.762. The van der Waals surface area contributed by atoms with E-state index in [1.165, 1.54) is 35.6 Å². The summed E-state index contributed by atoms with van der Waals surface area (Å²) in [5.74, 6) is -2.25. The number of nitrogens with two attached hydrogens (primary N) is 1. The van der Waals surface area contributed by atoms with E-state index in [4.69, 9.17) is 5.14 Å². The molecule has 2 aliphatic heterocycles. The van der Waals surface area contributed by atoms with E-state index in [9.17, 15) is 27.6 Å². The number of carbonyl (C=O) groups is 3. The molecule has 2 bridgehead atoms. The molecule has 4 N–H and O–H groups in total. The Morgan fingerprint density at radius 2 is 1.68 bits per heavy atom. The van der Waals surface area contributed by atoms with Gasteiger partial charge in [0.25, 0.3) is 0 Å². The number of primary sulfonamides is 1. The molecule has 0 radical (unpaired) electrons. The van der Waals surface area contributed by atoms with Gasteiger partial charge in [-0.25, -0.2) is 13.6 Å². The molecule has 2 aliphatic carbocycles. The van der Waals surface area contributed by atoms with Crippen molar-refractivity contribution in [1.82, 2.24) is 9.88 Å². The molecule has 7 atom stereocenters. The maximum Gasteiger partial charge on any atom is 0.305 e. The number of nitrogens with one attached hydrogen (secondary N) is 2. The van der Waals surface area contributed by atoms with Gasteiger partial charge >= 0.3 is 4.87 Å².